The topological polar surface area (TPSA) is 61.4 Å². The highest BCUT2D eigenvalue weighted by molar-refractivity contribution is 5.82. The van der Waals surface area contributed by atoms with Gasteiger partial charge in [0.25, 0.3) is 0 Å². The Morgan fingerprint density at radius 1 is 1.33 bits per heavy atom. The van der Waals surface area contributed by atoms with Crippen molar-refractivity contribution < 1.29 is 9.90 Å². The van der Waals surface area contributed by atoms with E-state index in [1.54, 1.807) is 0 Å². The van der Waals surface area contributed by atoms with Crippen molar-refractivity contribution in [1.82, 2.24) is 10.6 Å². The molecule has 86 valence electrons. The molecule has 2 rings (SSSR count). The quantitative estimate of drug-likeness (QED) is 0.618. The van der Waals surface area contributed by atoms with Gasteiger partial charge >= 0.3 is 0 Å². The fourth-order valence-corrected chi connectivity index (χ4v) is 2.64. The van der Waals surface area contributed by atoms with Gasteiger partial charge in [-0.1, -0.05) is 6.42 Å². The Bertz CT molecular complexity index is 227. The van der Waals surface area contributed by atoms with Gasteiger partial charge in [-0.3, -0.25) is 4.79 Å². The van der Waals surface area contributed by atoms with Crippen LogP contribution in [0.1, 0.15) is 32.1 Å². The van der Waals surface area contributed by atoms with Crippen molar-refractivity contribution in [2.45, 2.75) is 44.2 Å². The van der Waals surface area contributed by atoms with Gasteiger partial charge in [-0.25, -0.2) is 0 Å². The lowest BCUT2D eigenvalue weighted by molar-refractivity contribution is -0.123. The molecule has 2 aliphatic rings. The third-order valence-electron chi connectivity index (χ3n) is 3.60. The van der Waals surface area contributed by atoms with Gasteiger partial charge in [-0.15, -0.1) is 0 Å². The van der Waals surface area contributed by atoms with Crippen molar-refractivity contribution in [3.63, 3.8) is 0 Å². The summed E-state index contributed by atoms with van der Waals surface area (Å²) in [5, 5.41) is 15.4. The number of hydrogen-bond donors (Lipinski definition) is 3. The van der Waals surface area contributed by atoms with Gasteiger partial charge in [0, 0.05) is 18.6 Å². The molecule has 0 aromatic rings. The second-order valence-electron chi connectivity index (χ2n) is 4.64. The fourth-order valence-electron chi connectivity index (χ4n) is 2.64. The third kappa shape index (κ3) is 2.49. The maximum atomic E-state index is 11.8. The second-order valence-corrected chi connectivity index (χ2v) is 4.64. The van der Waals surface area contributed by atoms with Gasteiger partial charge in [0.2, 0.25) is 5.91 Å². The van der Waals surface area contributed by atoms with E-state index in [4.69, 9.17) is 5.11 Å². The van der Waals surface area contributed by atoms with Crippen LogP contribution in [0.15, 0.2) is 0 Å². The normalized spacial score (nSPS) is 35.7. The lowest BCUT2D eigenvalue weighted by Gasteiger charge is -2.21. The molecule has 0 radical (unpaired) electrons. The Balaban J connectivity index is 1.82. The first-order valence-corrected chi connectivity index (χ1v) is 5.96. The SMILES string of the molecule is O=C(NC1CCCC1CO)[C@H]1CCCN1. The average Bonchev–Trinajstić information content (AvgIpc) is 2.87. The summed E-state index contributed by atoms with van der Waals surface area (Å²) < 4.78 is 0. The van der Waals surface area contributed by atoms with Crippen molar-refractivity contribution in [3.8, 4) is 0 Å². The molecule has 4 nitrogen and oxygen atoms in total. The zero-order valence-corrected chi connectivity index (χ0v) is 9.04. The molecule has 0 spiro atoms. The van der Waals surface area contributed by atoms with Gasteiger partial charge in [-0.2, -0.15) is 0 Å². The summed E-state index contributed by atoms with van der Waals surface area (Å²) in [4.78, 5) is 11.8. The molecule has 3 N–H and O–H groups in total. The summed E-state index contributed by atoms with van der Waals surface area (Å²) in [6, 6.07) is 0.204. The summed E-state index contributed by atoms with van der Waals surface area (Å²) >= 11 is 0. The molecule has 1 amide bonds. The number of aliphatic hydroxyl groups is 1. The van der Waals surface area contributed by atoms with Crippen LogP contribution in [0.4, 0.5) is 0 Å². The minimum atomic E-state index is 0.00458. The van der Waals surface area contributed by atoms with Crippen LogP contribution in [0.3, 0.4) is 0 Å². The van der Waals surface area contributed by atoms with Crippen LogP contribution in [-0.4, -0.2) is 36.2 Å². The highest BCUT2D eigenvalue weighted by atomic mass is 16.3. The molecule has 2 fully saturated rings. The molecule has 2 unspecified atom stereocenters. The molecule has 4 heteroatoms. The van der Waals surface area contributed by atoms with Crippen molar-refractivity contribution in [2.24, 2.45) is 5.92 Å². The Hall–Kier alpha value is -0.610. The summed E-state index contributed by atoms with van der Waals surface area (Å²) in [6.07, 6.45) is 5.21. The summed E-state index contributed by atoms with van der Waals surface area (Å²) in [5.41, 5.74) is 0. The minimum absolute atomic E-state index is 0.00458. The molecule has 1 aliphatic heterocycles. The zero-order valence-electron chi connectivity index (χ0n) is 9.04. The van der Waals surface area contributed by atoms with Crippen molar-refractivity contribution >= 4 is 5.91 Å². The standard InChI is InChI=1S/C11H20N2O2/c14-7-8-3-1-4-9(8)13-11(15)10-5-2-6-12-10/h8-10,12,14H,1-7H2,(H,13,15)/t8?,9?,10-/m1/s1. The molecule has 1 saturated heterocycles. The van der Waals surface area contributed by atoms with Crippen molar-refractivity contribution in [2.75, 3.05) is 13.2 Å². The molecule has 1 heterocycles. The highest BCUT2D eigenvalue weighted by Crippen LogP contribution is 2.25. The van der Waals surface area contributed by atoms with Crippen LogP contribution in [0, 0.1) is 5.92 Å². The summed E-state index contributed by atoms with van der Waals surface area (Å²) in [5.74, 6) is 0.396. The zero-order chi connectivity index (χ0) is 10.7. The number of amides is 1. The summed E-state index contributed by atoms with van der Waals surface area (Å²) in [6.45, 7) is 1.15. The minimum Gasteiger partial charge on any atom is -0.396 e. The Morgan fingerprint density at radius 2 is 2.20 bits per heavy atom. The monoisotopic (exact) mass is 212 g/mol. The Labute approximate surface area is 90.4 Å². The Kier molecular flexibility index (Phi) is 3.59. The molecule has 0 aromatic carbocycles. The van der Waals surface area contributed by atoms with E-state index in [0.29, 0.717) is 0 Å². The Morgan fingerprint density at radius 3 is 2.87 bits per heavy atom. The molecule has 15 heavy (non-hydrogen) atoms. The predicted octanol–water partition coefficient (Wildman–Crippen LogP) is 0.0156. The lowest BCUT2D eigenvalue weighted by Crippen LogP contribution is -2.46. The molecule has 1 saturated carbocycles. The first kappa shape index (κ1) is 10.9. The molecule has 0 bridgehead atoms. The molecular formula is C11H20N2O2. The van der Waals surface area contributed by atoms with Gasteiger partial charge in [-0.05, 0) is 32.2 Å². The third-order valence-corrected chi connectivity index (χ3v) is 3.60. The number of rotatable bonds is 3. The van der Waals surface area contributed by atoms with E-state index in [2.05, 4.69) is 10.6 Å². The second kappa shape index (κ2) is 4.94. The van der Waals surface area contributed by atoms with E-state index in [1.807, 2.05) is 0 Å². The smallest absolute Gasteiger partial charge is 0.237 e. The van der Waals surface area contributed by atoms with Gasteiger partial charge in [0.05, 0.1) is 6.04 Å². The van der Waals surface area contributed by atoms with E-state index >= 15 is 0 Å². The molecule has 1 aliphatic carbocycles. The fraction of sp³-hybridized carbons (Fsp3) is 0.909. The largest absolute Gasteiger partial charge is 0.396 e. The molecular weight excluding hydrogens is 192 g/mol. The van der Waals surface area contributed by atoms with E-state index < -0.39 is 0 Å². The van der Waals surface area contributed by atoms with E-state index in [0.717, 1.165) is 38.6 Å². The molecule has 3 atom stereocenters. The first-order valence-electron chi connectivity index (χ1n) is 5.96. The van der Waals surface area contributed by atoms with Crippen LogP contribution in [-0.2, 0) is 4.79 Å². The van der Waals surface area contributed by atoms with Crippen LogP contribution in [0.25, 0.3) is 0 Å². The number of carbonyl (C=O) groups excluding carboxylic acids is 1. The van der Waals surface area contributed by atoms with Gasteiger partial charge in [0.15, 0.2) is 0 Å². The number of carbonyl (C=O) groups is 1. The van der Waals surface area contributed by atoms with E-state index in [9.17, 15) is 4.79 Å². The number of hydrogen-bond acceptors (Lipinski definition) is 3. The van der Waals surface area contributed by atoms with Gasteiger partial charge in [0.1, 0.15) is 0 Å². The average molecular weight is 212 g/mol. The van der Waals surface area contributed by atoms with Crippen LogP contribution in [0.2, 0.25) is 0 Å². The van der Waals surface area contributed by atoms with Crippen LogP contribution >= 0.6 is 0 Å². The van der Waals surface area contributed by atoms with E-state index in [1.165, 1.54) is 0 Å². The van der Waals surface area contributed by atoms with Crippen LogP contribution in [0.5, 0.6) is 0 Å². The summed E-state index contributed by atoms with van der Waals surface area (Å²) in [7, 11) is 0. The van der Waals surface area contributed by atoms with Crippen molar-refractivity contribution in [3.05, 3.63) is 0 Å². The number of nitrogens with one attached hydrogen (secondary N) is 2. The van der Waals surface area contributed by atoms with Crippen LogP contribution < -0.4 is 10.6 Å². The lowest BCUT2D eigenvalue weighted by atomic mass is 10.0. The highest BCUT2D eigenvalue weighted by Gasteiger charge is 2.30. The maximum absolute atomic E-state index is 11.8. The van der Waals surface area contributed by atoms with E-state index in [-0.39, 0.29) is 30.5 Å². The maximum Gasteiger partial charge on any atom is 0.237 e. The number of aliphatic hydroxyl groups excluding tert-OH is 1. The predicted molar refractivity (Wildman–Crippen MR) is 57.4 cm³/mol. The van der Waals surface area contributed by atoms with Gasteiger partial charge < -0.3 is 15.7 Å². The molecule has 0 aromatic heterocycles. The first-order chi connectivity index (χ1) is 7.31. The van der Waals surface area contributed by atoms with Crippen molar-refractivity contribution in [1.29, 1.82) is 0 Å².